The van der Waals surface area contributed by atoms with E-state index in [0.717, 1.165) is 0 Å². The van der Waals surface area contributed by atoms with E-state index in [0.29, 0.717) is 24.0 Å². The maximum Gasteiger partial charge on any atom is 0.319 e. The second-order valence-electron chi connectivity index (χ2n) is 5.09. The van der Waals surface area contributed by atoms with Gasteiger partial charge in [-0.3, -0.25) is 9.59 Å². The van der Waals surface area contributed by atoms with Crippen molar-refractivity contribution in [2.45, 2.75) is 32.7 Å². The number of benzene rings is 1. The molecule has 19 heavy (non-hydrogen) atoms. The summed E-state index contributed by atoms with van der Waals surface area (Å²) in [7, 11) is 0. The highest BCUT2D eigenvalue weighted by Gasteiger charge is 2.57. The van der Waals surface area contributed by atoms with Crippen LogP contribution in [0.1, 0.15) is 36.9 Å². The van der Waals surface area contributed by atoms with Gasteiger partial charge in [0.2, 0.25) is 5.91 Å². The Balaban J connectivity index is 2.09. The van der Waals surface area contributed by atoms with Crippen molar-refractivity contribution >= 4 is 11.9 Å². The van der Waals surface area contributed by atoms with Gasteiger partial charge in [0, 0.05) is 0 Å². The number of carboxylic acid groups (broad SMARTS) is 1. The van der Waals surface area contributed by atoms with Crippen LogP contribution in [0.15, 0.2) is 18.2 Å². The third-order valence-corrected chi connectivity index (χ3v) is 3.64. The molecule has 0 aromatic heterocycles. The summed E-state index contributed by atoms with van der Waals surface area (Å²) < 4.78 is 13.4. The molecule has 2 N–H and O–H groups in total. The molecule has 1 aromatic rings. The number of halogens is 1. The van der Waals surface area contributed by atoms with Crippen LogP contribution in [0.4, 0.5) is 4.39 Å². The summed E-state index contributed by atoms with van der Waals surface area (Å²) in [5.41, 5.74) is -0.110. The molecule has 4 nitrogen and oxygen atoms in total. The summed E-state index contributed by atoms with van der Waals surface area (Å²) in [4.78, 5) is 22.9. The number of nitrogens with one attached hydrogen (secondary N) is 1. The van der Waals surface area contributed by atoms with Crippen LogP contribution in [-0.4, -0.2) is 17.0 Å². The van der Waals surface area contributed by atoms with Gasteiger partial charge in [-0.15, -0.1) is 0 Å². The van der Waals surface area contributed by atoms with Gasteiger partial charge in [0.25, 0.3) is 0 Å². The zero-order valence-electron chi connectivity index (χ0n) is 10.9. The van der Waals surface area contributed by atoms with E-state index in [1.165, 1.54) is 6.07 Å². The van der Waals surface area contributed by atoms with Crippen LogP contribution < -0.4 is 5.32 Å². The van der Waals surface area contributed by atoms with Crippen molar-refractivity contribution in [1.29, 1.82) is 0 Å². The molecule has 0 heterocycles. The highest BCUT2D eigenvalue weighted by molar-refractivity contribution is 6.04. The first-order valence-corrected chi connectivity index (χ1v) is 6.17. The molecule has 1 aliphatic carbocycles. The number of carboxylic acids is 1. The summed E-state index contributed by atoms with van der Waals surface area (Å²) >= 11 is 0. The van der Waals surface area contributed by atoms with Crippen LogP contribution in [0.25, 0.3) is 0 Å². The molecule has 0 aliphatic heterocycles. The van der Waals surface area contributed by atoms with Crippen molar-refractivity contribution in [2.75, 3.05) is 0 Å². The molecule has 1 amide bonds. The number of aliphatic carboxylic acids is 1. The summed E-state index contributed by atoms with van der Waals surface area (Å²) in [5, 5.41) is 11.7. The monoisotopic (exact) mass is 265 g/mol. The molecule has 0 saturated heterocycles. The highest BCUT2D eigenvalue weighted by atomic mass is 19.1. The lowest BCUT2D eigenvalue weighted by Gasteiger charge is -2.17. The molecule has 2 rings (SSSR count). The maximum absolute atomic E-state index is 13.4. The lowest BCUT2D eigenvalue weighted by atomic mass is 10.0. The molecule has 1 aliphatic rings. The van der Waals surface area contributed by atoms with E-state index in [1.54, 1.807) is 26.0 Å². The number of carbonyl (C=O) groups excluding carboxylic acids is 1. The Labute approximate surface area is 110 Å². The number of rotatable bonds is 4. The molecule has 5 heteroatoms. The third-order valence-electron chi connectivity index (χ3n) is 3.64. The zero-order valence-corrected chi connectivity index (χ0v) is 10.9. The van der Waals surface area contributed by atoms with Gasteiger partial charge in [-0.05, 0) is 43.9 Å². The minimum Gasteiger partial charge on any atom is -0.480 e. The average molecular weight is 265 g/mol. The molecule has 0 bridgehead atoms. The van der Waals surface area contributed by atoms with Gasteiger partial charge in [0.1, 0.15) is 11.2 Å². The summed E-state index contributed by atoms with van der Waals surface area (Å²) in [6.07, 6.45) is 0.728. The van der Waals surface area contributed by atoms with Crippen LogP contribution in [0.5, 0.6) is 0 Å². The fourth-order valence-corrected chi connectivity index (χ4v) is 1.96. The molecule has 1 saturated carbocycles. The van der Waals surface area contributed by atoms with Gasteiger partial charge < -0.3 is 10.4 Å². The third kappa shape index (κ3) is 2.45. The fraction of sp³-hybridized carbons (Fsp3) is 0.429. The van der Waals surface area contributed by atoms with Crippen LogP contribution in [0, 0.1) is 18.2 Å². The van der Waals surface area contributed by atoms with Gasteiger partial charge >= 0.3 is 5.97 Å². The predicted molar refractivity (Wildman–Crippen MR) is 67.0 cm³/mol. The molecule has 1 atom stereocenters. The lowest BCUT2D eigenvalue weighted by Crippen LogP contribution is -2.38. The van der Waals surface area contributed by atoms with E-state index in [1.807, 2.05) is 0 Å². The van der Waals surface area contributed by atoms with Gasteiger partial charge in [0.15, 0.2) is 0 Å². The summed E-state index contributed by atoms with van der Waals surface area (Å²) in [6.45, 7) is 3.37. The van der Waals surface area contributed by atoms with Gasteiger partial charge in [-0.2, -0.15) is 0 Å². The molecular formula is C14H16FNO3. The SMILES string of the molecule is Cc1ccc(C(C)NC(=O)C2(C(=O)O)CC2)cc1F. The lowest BCUT2D eigenvalue weighted by molar-refractivity contribution is -0.149. The van der Waals surface area contributed by atoms with Crippen molar-refractivity contribution in [3.05, 3.63) is 35.1 Å². The maximum atomic E-state index is 13.4. The van der Waals surface area contributed by atoms with E-state index in [9.17, 15) is 14.0 Å². The Morgan fingerprint density at radius 1 is 1.42 bits per heavy atom. The molecule has 0 radical (unpaired) electrons. The number of hydrogen-bond acceptors (Lipinski definition) is 2. The normalized spacial score (nSPS) is 17.6. The molecule has 0 spiro atoms. The Kier molecular flexibility index (Phi) is 3.30. The smallest absolute Gasteiger partial charge is 0.319 e. The molecule has 1 aromatic carbocycles. The number of carbonyl (C=O) groups is 2. The van der Waals surface area contributed by atoms with Crippen LogP contribution >= 0.6 is 0 Å². The summed E-state index contributed by atoms with van der Waals surface area (Å²) in [5.74, 6) is -1.92. The van der Waals surface area contributed by atoms with Crippen LogP contribution in [0.3, 0.4) is 0 Å². The summed E-state index contributed by atoms with van der Waals surface area (Å²) in [6, 6.07) is 4.31. The molecule has 1 fully saturated rings. The van der Waals surface area contributed by atoms with Crippen molar-refractivity contribution < 1.29 is 19.1 Å². The Hall–Kier alpha value is -1.91. The van der Waals surface area contributed by atoms with Crippen molar-refractivity contribution in [1.82, 2.24) is 5.32 Å². The van der Waals surface area contributed by atoms with Gasteiger partial charge in [-0.1, -0.05) is 12.1 Å². The van der Waals surface area contributed by atoms with Crippen LogP contribution in [-0.2, 0) is 9.59 Å². The van der Waals surface area contributed by atoms with E-state index in [-0.39, 0.29) is 5.82 Å². The first kappa shape index (κ1) is 13.5. The predicted octanol–water partition coefficient (Wildman–Crippen LogP) is 2.18. The molecular weight excluding hydrogens is 249 g/mol. The minimum absolute atomic E-state index is 0.335. The molecule has 1 unspecified atom stereocenters. The van der Waals surface area contributed by atoms with Crippen molar-refractivity contribution in [3.63, 3.8) is 0 Å². The quantitative estimate of drug-likeness (QED) is 0.820. The second kappa shape index (κ2) is 4.64. The van der Waals surface area contributed by atoms with E-state index < -0.39 is 23.3 Å². The Morgan fingerprint density at radius 2 is 2.05 bits per heavy atom. The largest absolute Gasteiger partial charge is 0.480 e. The second-order valence-corrected chi connectivity index (χ2v) is 5.09. The van der Waals surface area contributed by atoms with Gasteiger partial charge in [-0.25, -0.2) is 4.39 Å². The topological polar surface area (TPSA) is 66.4 Å². The number of aryl methyl sites for hydroxylation is 1. The van der Waals surface area contributed by atoms with Gasteiger partial charge in [0.05, 0.1) is 6.04 Å². The van der Waals surface area contributed by atoms with E-state index in [4.69, 9.17) is 5.11 Å². The number of amides is 1. The van der Waals surface area contributed by atoms with Crippen molar-refractivity contribution in [3.8, 4) is 0 Å². The minimum atomic E-state index is -1.27. The average Bonchev–Trinajstić information content (AvgIpc) is 3.13. The van der Waals surface area contributed by atoms with E-state index in [2.05, 4.69) is 5.32 Å². The Bertz CT molecular complexity index is 537. The zero-order chi connectivity index (χ0) is 14.2. The number of hydrogen-bond donors (Lipinski definition) is 2. The van der Waals surface area contributed by atoms with Crippen LogP contribution in [0.2, 0.25) is 0 Å². The first-order valence-electron chi connectivity index (χ1n) is 6.17. The fourth-order valence-electron chi connectivity index (χ4n) is 1.96. The standard InChI is InChI=1S/C14H16FNO3/c1-8-3-4-10(7-11(8)15)9(2)16-12(17)14(5-6-14)13(18)19/h3-4,7,9H,5-6H2,1-2H3,(H,16,17)(H,18,19). The molecule has 102 valence electrons. The van der Waals surface area contributed by atoms with Crippen molar-refractivity contribution in [2.24, 2.45) is 5.41 Å². The van der Waals surface area contributed by atoms with E-state index >= 15 is 0 Å². The highest BCUT2D eigenvalue weighted by Crippen LogP contribution is 2.46. The first-order chi connectivity index (χ1) is 8.86. The Morgan fingerprint density at radius 3 is 2.53 bits per heavy atom.